The number of aromatic nitrogens is 2. The maximum atomic E-state index is 8.17. The van der Waals surface area contributed by atoms with E-state index in [0.29, 0.717) is 10.8 Å². The molecule has 0 atom stereocenters. The first-order chi connectivity index (χ1) is 5.33. The topological polar surface area (TPSA) is 49.6 Å². The lowest BCUT2D eigenvalue weighted by Crippen LogP contribution is -1.84. The zero-order valence-corrected chi connectivity index (χ0v) is 6.28. The van der Waals surface area contributed by atoms with Crippen molar-refractivity contribution in [2.75, 3.05) is 0 Å². The predicted molar refractivity (Wildman–Crippen MR) is 41.7 cm³/mol. The molecule has 54 valence electrons. The Morgan fingerprint density at radius 1 is 1.45 bits per heavy atom. The molecule has 0 unspecified atom stereocenters. The lowest BCUT2D eigenvalue weighted by atomic mass is 10.3. The third kappa shape index (κ3) is 2.36. The van der Waals surface area contributed by atoms with Gasteiger partial charge in [0.25, 0.3) is 0 Å². The quantitative estimate of drug-likeness (QED) is 0.595. The van der Waals surface area contributed by atoms with Crippen LogP contribution >= 0.6 is 11.6 Å². The van der Waals surface area contributed by atoms with E-state index in [1.54, 1.807) is 18.2 Å². The molecule has 0 bridgehead atoms. The molecule has 0 aliphatic rings. The van der Waals surface area contributed by atoms with Crippen LogP contribution in [0.2, 0.25) is 5.15 Å². The van der Waals surface area contributed by atoms with Gasteiger partial charge in [-0.05, 0) is 18.2 Å². The second-order valence-electron chi connectivity index (χ2n) is 1.74. The summed E-state index contributed by atoms with van der Waals surface area (Å²) < 4.78 is 0. The number of halogens is 1. The van der Waals surface area contributed by atoms with Gasteiger partial charge in [-0.3, -0.25) is 0 Å². The molecule has 3 nitrogen and oxygen atoms in total. The highest BCUT2D eigenvalue weighted by Crippen LogP contribution is 2.02. The zero-order chi connectivity index (χ0) is 8.10. The largest absolute Gasteiger partial charge is 0.193 e. The first-order valence-electron chi connectivity index (χ1n) is 2.88. The van der Waals surface area contributed by atoms with Crippen molar-refractivity contribution in [1.29, 1.82) is 5.26 Å². The minimum absolute atomic E-state index is 0.346. The average Bonchev–Trinajstić information content (AvgIpc) is 2.04. The second-order valence-corrected chi connectivity index (χ2v) is 2.13. The molecule has 1 aromatic heterocycles. The standard InChI is InChI=1S/C7H4ClN3/c8-7-4-3-6(10-11-7)2-1-5-9/h1-4H/b2-1+. The van der Waals surface area contributed by atoms with Crippen molar-refractivity contribution in [2.45, 2.75) is 0 Å². The highest BCUT2D eigenvalue weighted by atomic mass is 35.5. The molecule has 1 heterocycles. The summed E-state index contributed by atoms with van der Waals surface area (Å²) in [7, 11) is 0. The molecule has 0 saturated heterocycles. The molecule has 0 saturated carbocycles. The van der Waals surface area contributed by atoms with Crippen LogP contribution < -0.4 is 0 Å². The molecule has 0 fully saturated rings. The molecule has 0 amide bonds. The maximum Gasteiger partial charge on any atom is 0.151 e. The lowest BCUT2D eigenvalue weighted by Gasteiger charge is -1.88. The molecule has 0 aliphatic carbocycles. The van der Waals surface area contributed by atoms with Gasteiger partial charge in [-0.2, -0.15) is 5.26 Å². The van der Waals surface area contributed by atoms with Crippen LogP contribution in [0.4, 0.5) is 0 Å². The van der Waals surface area contributed by atoms with E-state index < -0.39 is 0 Å². The van der Waals surface area contributed by atoms with Crippen molar-refractivity contribution >= 4 is 17.7 Å². The number of nitriles is 1. The van der Waals surface area contributed by atoms with E-state index in [1.807, 2.05) is 6.07 Å². The SMILES string of the molecule is N#C/C=C/c1ccc(Cl)nn1. The van der Waals surface area contributed by atoms with Gasteiger partial charge in [-0.15, -0.1) is 10.2 Å². The zero-order valence-electron chi connectivity index (χ0n) is 5.53. The summed E-state index contributed by atoms with van der Waals surface area (Å²) in [4.78, 5) is 0. The molecule has 11 heavy (non-hydrogen) atoms. The van der Waals surface area contributed by atoms with Gasteiger partial charge in [0.1, 0.15) is 0 Å². The third-order valence-electron chi connectivity index (χ3n) is 0.981. The summed E-state index contributed by atoms with van der Waals surface area (Å²) in [5.41, 5.74) is 0.621. The first-order valence-corrected chi connectivity index (χ1v) is 3.26. The Hall–Kier alpha value is -1.40. The van der Waals surface area contributed by atoms with Crippen LogP contribution in [0.1, 0.15) is 5.69 Å². The maximum absolute atomic E-state index is 8.17. The average molecular weight is 166 g/mol. The molecular weight excluding hydrogens is 162 g/mol. The van der Waals surface area contributed by atoms with Crippen LogP contribution in [0.25, 0.3) is 6.08 Å². The summed E-state index contributed by atoms with van der Waals surface area (Å²) in [5, 5.41) is 15.8. The van der Waals surface area contributed by atoms with Crippen molar-refractivity contribution in [3.8, 4) is 6.07 Å². The summed E-state index contributed by atoms with van der Waals surface area (Å²) in [5.74, 6) is 0. The molecule has 0 spiro atoms. The van der Waals surface area contributed by atoms with E-state index in [0.717, 1.165) is 0 Å². The summed E-state index contributed by atoms with van der Waals surface area (Å²) >= 11 is 5.48. The molecule has 0 radical (unpaired) electrons. The van der Waals surface area contributed by atoms with Crippen molar-refractivity contribution < 1.29 is 0 Å². The molecule has 0 N–H and O–H groups in total. The van der Waals surface area contributed by atoms with Gasteiger partial charge in [-0.25, -0.2) is 0 Å². The van der Waals surface area contributed by atoms with Crippen molar-refractivity contribution in [1.82, 2.24) is 10.2 Å². The van der Waals surface area contributed by atoms with Crippen LogP contribution in [-0.4, -0.2) is 10.2 Å². The van der Waals surface area contributed by atoms with E-state index in [2.05, 4.69) is 10.2 Å². The van der Waals surface area contributed by atoms with Crippen LogP contribution in [0.15, 0.2) is 18.2 Å². The van der Waals surface area contributed by atoms with Crippen molar-refractivity contribution in [2.24, 2.45) is 0 Å². The monoisotopic (exact) mass is 165 g/mol. The molecule has 0 aliphatic heterocycles. The van der Waals surface area contributed by atoms with E-state index in [1.165, 1.54) is 6.08 Å². The van der Waals surface area contributed by atoms with Crippen molar-refractivity contribution in [3.05, 3.63) is 29.1 Å². The number of hydrogen-bond donors (Lipinski definition) is 0. The first kappa shape index (κ1) is 7.70. The van der Waals surface area contributed by atoms with Gasteiger partial charge >= 0.3 is 0 Å². The summed E-state index contributed by atoms with van der Waals surface area (Å²) in [6.45, 7) is 0. The minimum atomic E-state index is 0.346. The van der Waals surface area contributed by atoms with E-state index >= 15 is 0 Å². The predicted octanol–water partition coefficient (Wildman–Crippen LogP) is 1.67. The fourth-order valence-electron chi connectivity index (χ4n) is 0.538. The third-order valence-corrected chi connectivity index (χ3v) is 1.18. The Morgan fingerprint density at radius 2 is 2.27 bits per heavy atom. The van der Waals surface area contributed by atoms with E-state index in [4.69, 9.17) is 16.9 Å². The normalized spacial score (nSPS) is 9.82. The molecule has 4 heteroatoms. The van der Waals surface area contributed by atoms with Gasteiger partial charge in [-0.1, -0.05) is 11.6 Å². The van der Waals surface area contributed by atoms with Gasteiger partial charge in [0.05, 0.1) is 11.8 Å². The Labute approximate surface area is 68.9 Å². The summed E-state index contributed by atoms with van der Waals surface area (Å²) in [6, 6.07) is 5.15. The van der Waals surface area contributed by atoms with Crippen LogP contribution in [0.5, 0.6) is 0 Å². The molecule has 0 aromatic carbocycles. The van der Waals surface area contributed by atoms with E-state index in [-0.39, 0.29) is 0 Å². The fraction of sp³-hybridized carbons (Fsp3) is 0. The Balaban J connectivity index is 2.84. The smallest absolute Gasteiger partial charge is 0.151 e. The van der Waals surface area contributed by atoms with Gasteiger partial charge in [0, 0.05) is 6.08 Å². The van der Waals surface area contributed by atoms with Crippen LogP contribution in [0, 0.1) is 11.3 Å². The van der Waals surface area contributed by atoms with Crippen LogP contribution in [0.3, 0.4) is 0 Å². The van der Waals surface area contributed by atoms with Crippen LogP contribution in [-0.2, 0) is 0 Å². The number of allylic oxidation sites excluding steroid dienone is 1. The van der Waals surface area contributed by atoms with Gasteiger partial charge in [0.2, 0.25) is 0 Å². The number of hydrogen-bond acceptors (Lipinski definition) is 3. The molecule has 1 rings (SSSR count). The Bertz CT molecular complexity index is 296. The highest BCUT2D eigenvalue weighted by molar-refractivity contribution is 6.29. The minimum Gasteiger partial charge on any atom is -0.193 e. The Kier molecular flexibility index (Phi) is 2.59. The lowest BCUT2D eigenvalue weighted by molar-refractivity contribution is 1.02. The number of rotatable bonds is 1. The molecular formula is C7H4ClN3. The van der Waals surface area contributed by atoms with Crippen molar-refractivity contribution in [3.63, 3.8) is 0 Å². The van der Waals surface area contributed by atoms with Gasteiger partial charge < -0.3 is 0 Å². The Morgan fingerprint density at radius 3 is 2.82 bits per heavy atom. The summed E-state index contributed by atoms with van der Waals surface area (Å²) in [6.07, 6.45) is 2.89. The van der Waals surface area contributed by atoms with Gasteiger partial charge in [0.15, 0.2) is 5.15 Å². The van der Waals surface area contributed by atoms with E-state index in [9.17, 15) is 0 Å². The highest BCUT2D eigenvalue weighted by Gasteiger charge is 1.88. The fourth-order valence-corrected chi connectivity index (χ4v) is 0.639. The number of nitrogens with zero attached hydrogens (tertiary/aromatic N) is 3. The second kappa shape index (κ2) is 3.69. The molecule has 1 aromatic rings.